The Labute approximate surface area is 267 Å². The lowest BCUT2D eigenvalue weighted by atomic mass is 10.1. The Hall–Kier alpha value is -4.25. The van der Waals surface area contributed by atoms with Crippen LogP contribution >= 0.6 is 0 Å². The second-order valence-electron chi connectivity index (χ2n) is 11.3. The molecule has 1 unspecified atom stereocenters. The number of benzene rings is 3. The molecule has 0 aliphatic rings. The minimum atomic E-state index is -4.30. The van der Waals surface area contributed by atoms with E-state index in [1.807, 2.05) is 46.8 Å². The maximum atomic E-state index is 14.4. The molecule has 1 atom stereocenters. The van der Waals surface area contributed by atoms with Crippen molar-refractivity contribution in [2.45, 2.75) is 58.5 Å². The number of ether oxygens (including phenoxy) is 3. The van der Waals surface area contributed by atoms with Gasteiger partial charge in [-0.15, -0.1) is 0 Å². The Bertz CT molecular complexity index is 1570. The molecule has 0 radical (unpaired) electrons. The van der Waals surface area contributed by atoms with Crippen LogP contribution in [0.1, 0.15) is 43.9 Å². The number of carbonyl (C=O) groups is 2. The molecule has 11 heteroatoms. The van der Waals surface area contributed by atoms with Crippen molar-refractivity contribution in [1.29, 1.82) is 0 Å². The predicted octanol–water partition coefficient (Wildman–Crippen LogP) is 5.10. The van der Waals surface area contributed by atoms with Gasteiger partial charge in [0.25, 0.3) is 10.0 Å². The molecule has 0 aromatic heterocycles. The minimum Gasteiger partial charge on any atom is -0.497 e. The van der Waals surface area contributed by atoms with Crippen molar-refractivity contribution in [3.63, 3.8) is 0 Å². The largest absolute Gasteiger partial charge is 0.497 e. The number of methoxy groups -OCH3 is 3. The van der Waals surface area contributed by atoms with Gasteiger partial charge in [-0.1, -0.05) is 39.0 Å². The van der Waals surface area contributed by atoms with Crippen LogP contribution in [0, 0.1) is 19.8 Å². The molecule has 0 saturated heterocycles. The highest BCUT2D eigenvalue weighted by atomic mass is 32.2. The molecule has 0 aliphatic carbocycles. The summed E-state index contributed by atoms with van der Waals surface area (Å²) in [7, 11) is 0.136. The fraction of sp³-hybridized carbons (Fsp3) is 0.412. The maximum absolute atomic E-state index is 14.4. The zero-order valence-corrected chi connectivity index (χ0v) is 28.2. The molecular weight excluding hydrogens is 594 g/mol. The molecule has 3 aromatic carbocycles. The zero-order valence-electron chi connectivity index (χ0n) is 27.4. The van der Waals surface area contributed by atoms with Gasteiger partial charge >= 0.3 is 0 Å². The summed E-state index contributed by atoms with van der Waals surface area (Å²) in [5, 5.41) is 2.94. The molecule has 0 heterocycles. The van der Waals surface area contributed by atoms with Crippen LogP contribution in [-0.4, -0.2) is 65.6 Å². The molecule has 1 N–H and O–H groups in total. The third-order valence-electron chi connectivity index (χ3n) is 7.27. The van der Waals surface area contributed by atoms with Crippen molar-refractivity contribution in [2.24, 2.45) is 5.92 Å². The van der Waals surface area contributed by atoms with Crippen LogP contribution in [0.25, 0.3) is 0 Å². The van der Waals surface area contributed by atoms with Crippen LogP contribution in [0.2, 0.25) is 0 Å². The van der Waals surface area contributed by atoms with Crippen LogP contribution in [0.3, 0.4) is 0 Å². The predicted molar refractivity (Wildman–Crippen MR) is 175 cm³/mol. The SMILES string of the molecule is CCC(C(=O)NCC(C)C)N(Cc1cccc(OC)c1)C(=O)CN(c1cc(C)cc(C)c1)S(=O)(=O)c1ccc(OC)c(OC)c1. The highest BCUT2D eigenvalue weighted by molar-refractivity contribution is 7.92. The van der Waals surface area contributed by atoms with E-state index in [1.165, 1.54) is 37.3 Å². The second kappa shape index (κ2) is 15.7. The van der Waals surface area contributed by atoms with Gasteiger partial charge in [-0.2, -0.15) is 0 Å². The Balaban J connectivity index is 2.13. The number of hydrogen-bond acceptors (Lipinski definition) is 7. The third kappa shape index (κ3) is 8.91. The maximum Gasteiger partial charge on any atom is 0.264 e. The summed E-state index contributed by atoms with van der Waals surface area (Å²) in [5.41, 5.74) is 2.73. The van der Waals surface area contributed by atoms with E-state index in [0.717, 1.165) is 21.0 Å². The van der Waals surface area contributed by atoms with E-state index >= 15 is 0 Å². The summed E-state index contributed by atoms with van der Waals surface area (Å²) in [5.74, 6) is 0.576. The monoisotopic (exact) mass is 639 g/mol. The van der Waals surface area contributed by atoms with Crippen LogP contribution < -0.4 is 23.8 Å². The van der Waals surface area contributed by atoms with Crippen molar-refractivity contribution in [3.05, 3.63) is 77.4 Å². The van der Waals surface area contributed by atoms with Crippen LogP contribution in [0.4, 0.5) is 5.69 Å². The van der Waals surface area contributed by atoms with Crippen molar-refractivity contribution >= 4 is 27.5 Å². The highest BCUT2D eigenvalue weighted by Crippen LogP contribution is 2.33. The summed E-state index contributed by atoms with van der Waals surface area (Å²) in [6.45, 7) is 9.49. The number of amides is 2. The van der Waals surface area contributed by atoms with Crippen molar-refractivity contribution in [2.75, 3.05) is 38.7 Å². The lowest BCUT2D eigenvalue weighted by molar-refractivity contribution is -0.140. The molecule has 0 fully saturated rings. The summed E-state index contributed by atoms with van der Waals surface area (Å²) in [6, 6.07) is 16.0. The van der Waals surface area contributed by atoms with Crippen molar-refractivity contribution in [3.8, 4) is 17.2 Å². The smallest absolute Gasteiger partial charge is 0.264 e. The molecule has 10 nitrogen and oxygen atoms in total. The summed E-state index contributed by atoms with van der Waals surface area (Å²) in [6.07, 6.45) is 0.325. The highest BCUT2D eigenvalue weighted by Gasteiger charge is 2.34. The number of nitrogens with one attached hydrogen (secondary N) is 1. The number of sulfonamides is 1. The van der Waals surface area contributed by atoms with Gasteiger partial charge in [0.2, 0.25) is 11.8 Å². The summed E-state index contributed by atoms with van der Waals surface area (Å²) in [4.78, 5) is 29.2. The molecule has 0 bridgehead atoms. The van der Waals surface area contributed by atoms with Gasteiger partial charge in [0.05, 0.1) is 31.9 Å². The standard InChI is InChI=1S/C34H45N3O7S/c1-9-30(34(39)35-20-23(2)3)36(21-26-11-10-12-28(18-26)42-6)33(38)22-37(27-16-24(4)15-25(5)17-27)45(40,41)29-13-14-31(43-7)32(19-29)44-8/h10-19,23,30H,9,20-22H2,1-8H3,(H,35,39). The number of nitrogens with zero attached hydrogens (tertiary/aromatic N) is 2. The summed E-state index contributed by atoms with van der Waals surface area (Å²) < 4.78 is 45.8. The molecule has 45 heavy (non-hydrogen) atoms. The van der Waals surface area contributed by atoms with Crippen LogP contribution in [0.5, 0.6) is 17.2 Å². The number of rotatable bonds is 15. The first-order chi connectivity index (χ1) is 21.3. The molecular formula is C34H45N3O7S. The first-order valence-corrected chi connectivity index (χ1v) is 16.3. The normalized spacial score (nSPS) is 11.9. The fourth-order valence-electron chi connectivity index (χ4n) is 5.04. The topological polar surface area (TPSA) is 114 Å². The van der Waals surface area contributed by atoms with Gasteiger partial charge in [-0.25, -0.2) is 8.42 Å². The lowest BCUT2D eigenvalue weighted by Gasteiger charge is -2.33. The Morgan fingerprint density at radius 1 is 0.867 bits per heavy atom. The van der Waals surface area contributed by atoms with Crippen molar-refractivity contribution < 1.29 is 32.2 Å². The molecule has 2 amide bonds. The molecule has 3 rings (SSSR count). The molecule has 0 spiro atoms. The lowest BCUT2D eigenvalue weighted by Crippen LogP contribution is -2.52. The third-order valence-corrected chi connectivity index (χ3v) is 9.04. The van der Waals surface area contributed by atoms with Gasteiger partial charge in [0, 0.05) is 19.2 Å². The second-order valence-corrected chi connectivity index (χ2v) is 13.2. The van der Waals surface area contributed by atoms with E-state index in [2.05, 4.69) is 5.32 Å². The van der Waals surface area contributed by atoms with E-state index in [-0.39, 0.29) is 29.0 Å². The number of carbonyl (C=O) groups excluding carboxylic acids is 2. The quantitative estimate of drug-likeness (QED) is 0.246. The van der Waals surface area contributed by atoms with Crippen LogP contribution in [0.15, 0.2) is 65.6 Å². The first-order valence-electron chi connectivity index (χ1n) is 14.9. The average molecular weight is 640 g/mol. The van der Waals surface area contributed by atoms with Gasteiger partial charge in [-0.3, -0.25) is 13.9 Å². The molecule has 0 aliphatic heterocycles. The van der Waals surface area contributed by atoms with Crippen LogP contribution in [-0.2, 0) is 26.2 Å². The van der Waals surface area contributed by atoms with E-state index in [9.17, 15) is 18.0 Å². The molecule has 0 saturated carbocycles. The molecule has 244 valence electrons. The Morgan fingerprint density at radius 3 is 2.11 bits per heavy atom. The first kappa shape index (κ1) is 35.2. The average Bonchev–Trinajstić information content (AvgIpc) is 3.01. The van der Waals surface area contributed by atoms with Gasteiger partial charge in [0.15, 0.2) is 11.5 Å². The number of anilines is 1. The van der Waals surface area contributed by atoms with Gasteiger partial charge in [-0.05, 0) is 79.3 Å². The fourth-order valence-corrected chi connectivity index (χ4v) is 6.45. The minimum absolute atomic E-state index is 0.0702. The number of aryl methyl sites for hydroxylation is 2. The molecule has 3 aromatic rings. The summed E-state index contributed by atoms with van der Waals surface area (Å²) >= 11 is 0. The Kier molecular flexibility index (Phi) is 12.3. The van der Waals surface area contributed by atoms with Gasteiger partial charge in [0.1, 0.15) is 18.3 Å². The van der Waals surface area contributed by atoms with E-state index in [0.29, 0.717) is 30.2 Å². The van der Waals surface area contributed by atoms with Crippen molar-refractivity contribution in [1.82, 2.24) is 10.2 Å². The number of hydrogen-bond donors (Lipinski definition) is 1. The van der Waals surface area contributed by atoms with E-state index in [4.69, 9.17) is 14.2 Å². The van der Waals surface area contributed by atoms with E-state index in [1.54, 1.807) is 37.4 Å². The van der Waals surface area contributed by atoms with Gasteiger partial charge < -0.3 is 24.4 Å². The van der Waals surface area contributed by atoms with E-state index < -0.39 is 28.5 Å². The zero-order chi connectivity index (χ0) is 33.3. The Morgan fingerprint density at radius 2 is 1.53 bits per heavy atom.